The van der Waals surface area contributed by atoms with E-state index in [2.05, 4.69) is 21.3 Å². The van der Waals surface area contributed by atoms with Gasteiger partial charge in [0, 0.05) is 11.3 Å². The molecule has 2 aliphatic rings. The number of rotatable bonds is 5. The van der Waals surface area contributed by atoms with Gasteiger partial charge in [0.2, 0.25) is 5.91 Å². The van der Waals surface area contributed by atoms with Gasteiger partial charge >= 0.3 is 0 Å². The first-order valence-electron chi connectivity index (χ1n) is 10.5. The summed E-state index contributed by atoms with van der Waals surface area (Å²) in [5.41, 5.74) is 5.03. The molecule has 7 heteroatoms. The van der Waals surface area contributed by atoms with Gasteiger partial charge in [-0.2, -0.15) is 5.26 Å². The number of hydrogen-bond acceptors (Lipinski definition) is 5. The van der Waals surface area contributed by atoms with E-state index in [1.165, 1.54) is 17.3 Å². The standard InChI is InChI=1S/C23H26N4O2S/c1-16-5-4-6-17(13-16)25-21(28)15-30-23-20(14-24)18-7-2-3-8-19(18)22(26-23)27-9-11-29-12-10-27/h4-6,13H,2-3,7-12,15H2,1H3,(H,25,28)/p+1. The molecule has 0 spiro atoms. The molecule has 1 fully saturated rings. The van der Waals surface area contributed by atoms with Crippen molar-refractivity contribution in [1.29, 1.82) is 5.26 Å². The largest absolute Gasteiger partial charge is 0.373 e. The number of pyridine rings is 1. The quantitative estimate of drug-likeness (QED) is 0.748. The Labute approximate surface area is 181 Å². The minimum absolute atomic E-state index is 0.0754. The van der Waals surface area contributed by atoms with Crippen LogP contribution in [-0.4, -0.2) is 38.0 Å². The molecular formula is C23H27N4O2S+. The summed E-state index contributed by atoms with van der Waals surface area (Å²) in [6.07, 6.45) is 4.17. The topological polar surface area (TPSA) is 79.5 Å². The molecule has 1 amide bonds. The van der Waals surface area contributed by atoms with Crippen molar-refractivity contribution in [2.75, 3.05) is 42.3 Å². The smallest absolute Gasteiger partial charge is 0.278 e. The molecule has 1 aromatic heterocycles. The van der Waals surface area contributed by atoms with Crippen LogP contribution in [0.15, 0.2) is 29.3 Å². The first kappa shape index (κ1) is 20.7. The highest BCUT2D eigenvalue weighted by Crippen LogP contribution is 2.34. The lowest BCUT2D eigenvalue weighted by Gasteiger charge is -2.26. The van der Waals surface area contributed by atoms with Crippen LogP contribution in [0.1, 0.15) is 35.1 Å². The van der Waals surface area contributed by atoms with Crippen LogP contribution >= 0.6 is 11.8 Å². The number of anilines is 2. The number of benzene rings is 1. The number of nitrogens with zero attached hydrogens (tertiary/aromatic N) is 2. The van der Waals surface area contributed by atoms with Crippen molar-refractivity contribution in [3.63, 3.8) is 0 Å². The van der Waals surface area contributed by atoms with Crippen molar-refractivity contribution in [3.05, 3.63) is 46.5 Å². The second-order valence-electron chi connectivity index (χ2n) is 7.76. The van der Waals surface area contributed by atoms with Crippen molar-refractivity contribution in [1.82, 2.24) is 0 Å². The zero-order chi connectivity index (χ0) is 20.9. The van der Waals surface area contributed by atoms with Gasteiger partial charge in [-0.3, -0.25) is 9.69 Å². The number of morpholine rings is 1. The lowest BCUT2D eigenvalue weighted by Crippen LogP contribution is -2.41. The van der Waals surface area contributed by atoms with Crippen molar-refractivity contribution >= 4 is 29.2 Å². The van der Waals surface area contributed by atoms with E-state index in [1.54, 1.807) is 0 Å². The van der Waals surface area contributed by atoms with Crippen LogP contribution in [0, 0.1) is 18.3 Å². The summed E-state index contributed by atoms with van der Waals surface area (Å²) in [5.74, 6) is 1.28. The maximum atomic E-state index is 12.5. The molecule has 0 unspecified atom stereocenters. The summed E-state index contributed by atoms with van der Waals surface area (Å²) in [5, 5.41) is 13.6. The fourth-order valence-electron chi connectivity index (χ4n) is 4.17. The minimum atomic E-state index is -0.0754. The molecule has 2 heterocycles. The van der Waals surface area contributed by atoms with Gasteiger partial charge in [0.25, 0.3) is 5.82 Å². The van der Waals surface area contributed by atoms with Gasteiger partial charge < -0.3 is 10.1 Å². The van der Waals surface area contributed by atoms with E-state index in [4.69, 9.17) is 4.74 Å². The molecule has 0 bridgehead atoms. The van der Waals surface area contributed by atoms with Crippen molar-refractivity contribution in [3.8, 4) is 6.07 Å². The molecule has 30 heavy (non-hydrogen) atoms. The SMILES string of the molecule is Cc1cccc(NC(=O)CSc2[nH+]c(N3CCOCC3)c3c(c2C#N)CCCC3)c1. The minimum Gasteiger partial charge on any atom is -0.373 e. The Morgan fingerprint density at radius 3 is 2.77 bits per heavy atom. The molecule has 156 valence electrons. The molecular weight excluding hydrogens is 396 g/mol. The third-order valence-corrected chi connectivity index (χ3v) is 6.60. The van der Waals surface area contributed by atoms with Crippen LogP contribution in [0.25, 0.3) is 0 Å². The molecule has 1 aliphatic heterocycles. The molecule has 1 saturated heterocycles. The first-order chi connectivity index (χ1) is 14.7. The van der Waals surface area contributed by atoms with E-state index in [-0.39, 0.29) is 11.7 Å². The molecule has 1 aromatic carbocycles. The van der Waals surface area contributed by atoms with Gasteiger partial charge in [0.1, 0.15) is 24.7 Å². The van der Waals surface area contributed by atoms with Gasteiger partial charge in [0.15, 0.2) is 5.03 Å². The summed E-state index contributed by atoms with van der Waals surface area (Å²) < 4.78 is 5.52. The third kappa shape index (κ3) is 4.61. The van der Waals surface area contributed by atoms with Crippen LogP contribution in [0.2, 0.25) is 0 Å². The Bertz CT molecular complexity index is 980. The lowest BCUT2D eigenvalue weighted by molar-refractivity contribution is -0.414. The summed E-state index contributed by atoms with van der Waals surface area (Å²) in [4.78, 5) is 18.4. The van der Waals surface area contributed by atoms with E-state index in [0.717, 1.165) is 66.4 Å². The number of nitrogens with one attached hydrogen (secondary N) is 2. The van der Waals surface area contributed by atoms with Gasteiger partial charge in [-0.05, 0) is 55.9 Å². The van der Waals surface area contributed by atoms with E-state index in [1.807, 2.05) is 31.2 Å². The lowest BCUT2D eigenvalue weighted by atomic mass is 9.89. The number of thioether (sulfide) groups is 1. The Morgan fingerprint density at radius 1 is 1.27 bits per heavy atom. The highest BCUT2D eigenvalue weighted by atomic mass is 32.2. The predicted molar refractivity (Wildman–Crippen MR) is 118 cm³/mol. The second kappa shape index (κ2) is 9.50. The summed E-state index contributed by atoms with van der Waals surface area (Å²) in [6.45, 7) is 5.10. The zero-order valence-corrected chi connectivity index (χ0v) is 18.1. The van der Waals surface area contributed by atoms with E-state index in [9.17, 15) is 10.1 Å². The molecule has 4 rings (SSSR count). The Morgan fingerprint density at radius 2 is 2.03 bits per heavy atom. The molecule has 2 aromatic rings. The Kier molecular flexibility index (Phi) is 6.56. The summed E-state index contributed by atoms with van der Waals surface area (Å²) >= 11 is 1.41. The highest BCUT2D eigenvalue weighted by Gasteiger charge is 2.31. The van der Waals surface area contributed by atoms with Gasteiger partial charge in [0.05, 0.1) is 19.0 Å². The highest BCUT2D eigenvalue weighted by molar-refractivity contribution is 7.99. The van der Waals surface area contributed by atoms with E-state index >= 15 is 0 Å². The van der Waals surface area contributed by atoms with Crippen LogP contribution in [0.3, 0.4) is 0 Å². The number of amides is 1. The van der Waals surface area contributed by atoms with Gasteiger partial charge in [-0.25, -0.2) is 4.98 Å². The van der Waals surface area contributed by atoms with Gasteiger partial charge in [-0.15, -0.1) is 0 Å². The second-order valence-corrected chi connectivity index (χ2v) is 8.75. The number of carbonyl (C=O) groups excluding carboxylic acids is 1. The Balaban J connectivity index is 1.57. The number of aromatic nitrogens is 1. The fraction of sp³-hybridized carbons (Fsp3) is 0.435. The maximum absolute atomic E-state index is 12.5. The number of carbonyl (C=O) groups is 1. The monoisotopic (exact) mass is 423 g/mol. The van der Waals surface area contributed by atoms with Gasteiger partial charge in [-0.1, -0.05) is 23.9 Å². The number of H-pyrrole nitrogens is 1. The molecule has 0 atom stereocenters. The summed E-state index contributed by atoms with van der Waals surface area (Å²) in [7, 11) is 0. The van der Waals surface area contributed by atoms with E-state index < -0.39 is 0 Å². The zero-order valence-electron chi connectivity index (χ0n) is 17.3. The summed E-state index contributed by atoms with van der Waals surface area (Å²) in [6, 6.07) is 10.2. The van der Waals surface area contributed by atoms with Crippen LogP contribution in [-0.2, 0) is 22.4 Å². The van der Waals surface area contributed by atoms with Crippen molar-refractivity contribution < 1.29 is 14.5 Å². The number of hydrogen-bond donors (Lipinski definition) is 1. The van der Waals surface area contributed by atoms with E-state index in [0.29, 0.717) is 18.8 Å². The van der Waals surface area contributed by atoms with Crippen molar-refractivity contribution in [2.24, 2.45) is 0 Å². The molecule has 1 aliphatic carbocycles. The first-order valence-corrected chi connectivity index (χ1v) is 11.5. The predicted octanol–water partition coefficient (Wildman–Crippen LogP) is 3.13. The number of aromatic amines is 1. The average Bonchev–Trinajstić information content (AvgIpc) is 2.77. The number of ether oxygens (including phenoxy) is 1. The normalized spacial score (nSPS) is 15.9. The molecule has 6 nitrogen and oxygen atoms in total. The molecule has 0 radical (unpaired) electrons. The van der Waals surface area contributed by atoms with Crippen molar-refractivity contribution in [2.45, 2.75) is 37.6 Å². The number of fused-ring (bicyclic) bond motifs is 1. The number of aryl methyl sites for hydroxylation is 1. The van der Waals surface area contributed by atoms with Crippen LogP contribution in [0.4, 0.5) is 11.5 Å². The average molecular weight is 424 g/mol. The third-order valence-electron chi connectivity index (χ3n) is 5.60. The Hall–Kier alpha value is -2.56. The molecule has 2 N–H and O–H groups in total. The van der Waals surface area contributed by atoms with Crippen LogP contribution < -0.4 is 15.2 Å². The van der Waals surface area contributed by atoms with Crippen LogP contribution in [0.5, 0.6) is 0 Å². The maximum Gasteiger partial charge on any atom is 0.278 e. The fourth-order valence-corrected chi connectivity index (χ4v) is 5.00. The molecule has 0 saturated carbocycles. The number of nitriles is 1.